The molecule has 0 aliphatic heterocycles. The number of nitrogens with zero attached hydrogens (tertiary/aromatic N) is 1. The molecule has 0 saturated carbocycles. The summed E-state index contributed by atoms with van der Waals surface area (Å²) in [6.07, 6.45) is 1.28. The van der Waals surface area contributed by atoms with Crippen LogP contribution in [0.15, 0.2) is 48.5 Å². The molecule has 1 aromatic heterocycles. The van der Waals surface area contributed by atoms with Gasteiger partial charge in [0.2, 0.25) is 5.91 Å². The maximum Gasteiger partial charge on any atom is 0.255 e. The predicted octanol–water partition coefficient (Wildman–Crippen LogP) is 4.29. The van der Waals surface area contributed by atoms with E-state index in [2.05, 4.69) is 15.6 Å². The molecule has 2 N–H and O–H groups in total. The van der Waals surface area contributed by atoms with Crippen LogP contribution < -0.4 is 10.6 Å². The minimum Gasteiger partial charge on any atom is -0.322 e. The number of aromatic nitrogens is 1. The van der Waals surface area contributed by atoms with Gasteiger partial charge in [0, 0.05) is 17.7 Å². The van der Waals surface area contributed by atoms with Gasteiger partial charge in [-0.3, -0.25) is 9.59 Å². The molecule has 2 amide bonds. The van der Waals surface area contributed by atoms with Gasteiger partial charge in [-0.2, -0.15) is 0 Å². The summed E-state index contributed by atoms with van der Waals surface area (Å²) < 4.78 is 0.910. The third-order valence-corrected chi connectivity index (χ3v) is 4.34. The molecule has 5 nitrogen and oxygen atoms in total. The lowest BCUT2D eigenvalue weighted by atomic mass is 10.2. The van der Waals surface area contributed by atoms with Gasteiger partial charge in [-0.1, -0.05) is 36.5 Å². The van der Waals surface area contributed by atoms with Crippen LogP contribution in [0.2, 0.25) is 0 Å². The first kappa shape index (κ1) is 16.1. The van der Waals surface area contributed by atoms with E-state index in [0.717, 1.165) is 16.6 Å². The molecule has 2 aromatic carbocycles. The zero-order valence-electron chi connectivity index (χ0n) is 13.2. The van der Waals surface area contributed by atoms with E-state index in [1.165, 1.54) is 11.3 Å². The summed E-state index contributed by atoms with van der Waals surface area (Å²) in [5, 5.41) is 6.25. The van der Waals surface area contributed by atoms with Crippen molar-refractivity contribution >= 4 is 44.2 Å². The van der Waals surface area contributed by atoms with Gasteiger partial charge in [-0.15, -0.1) is 0 Å². The zero-order chi connectivity index (χ0) is 16.9. The van der Waals surface area contributed by atoms with Gasteiger partial charge in [0.15, 0.2) is 5.13 Å². The Labute approximate surface area is 143 Å². The van der Waals surface area contributed by atoms with Crippen LogP contribution in [-0.4, -0.2) is 16.8 Å². The highest BCUT2D eigenvalue weighted by molar-refractivity contribution is 7.22. The van der Waals surface area contributed by atoms with Crippen molar-refractivity contribution in [1.82, 2.24) is 4.98 Å². The fourth-order valence-electron chi connectivity index (χ4n) is 2.26. The van der Waals surface area contributed by atoms with Gasteiger partial charge >= 0.3 is 0 Å². The number of carbonyl (C=O) groups excluding carboxylic acids is 2. The largest absolute Gasteiger partial charge is 0.322 e. The first-order valence-electron chi connectivity index (χ1n) is 7.72. The molecule has 0 unspecified atom stereocenters. The molecular formula is C18H17N3O2S. The van der Waals surface area contributed by atoms with Crippen molar-refractivity contribution in [3.63, 3.8) is 0 Å². The minimum atomic E-state index is -0.157. The number of hydrogen-bond acceptors (Lipinski definition) is 4. The van der Waals surface area contributed by atoms with Crippen molar-refractivity contribution in [1.29, 1.82) is 0 Å². The molecule has 0 atom stereocenters. The topological polar surface area (TPSA) is 71.1 Å². The molecule has 0 fully saturated rings. The number of fused-ring (bicyclic) bond motifs is 1. The van der Waals surface area contributed by atoms with Crippen molar-refractivity contribution in [2.75, 3.05) is 10.6 Å². The number of benzene rings is 2. The van der Waals surface area contributed by atoms with Crippen LogP contribution in [0.3, 0.4) is 0 Å². The summed E-state index contributed by atoms with van der Waals surface area (Å²) >= 11 is 1.39. The number of thiazole rings is 1. The normalized spacial score (nSPS) is 10.5. The summed E-state index contributed by atoms with van der Waals surface area (Å²) in [6, 6.07) is 14.6. The summed E-state index contributed by atoms with van der Waals surface area (Å²) in [5.74, 6) is -0.190. The molecule has 6 heteroatoms. The van der Waals surface area contributed by atoms with Gasteiger partial charge < -0.3 is 10.6 Å². The molecule has 24 heavy (non-hydrogen) atoms. The maximum absolute atomic E-state index is 12.2. The van der Waals surface area contributed by atoms with Crippen LogP contribution in [0.5, 0.6) is 0 Å². The van der Waals surface area contributed by atoms with Crippen LogP contribution in [0, 0.1) is 0 Å². The summed E-state index contributed by atoms with van der Waals surface area (Å²) in [7, 11) is 0. The lowest BCUT2D eigenvalue weighted by molar-refractivity contribution is -0.116. The smallest absolute Gasteiger partial charge is 0.255 e. The quantitative estimate of drug-likeness (QED) is 0.728. The van der Waals surface area contributed by atoms with Gasteiger partial charge in [0.1, 0.15) is 0 Å². The fourth-order valence-corrected chi connectivity index (χ4v) is 3.18. The Hall–Kier alpha value is -2.73. The second-order valence-corrected chi connectivity index (χ2v) is 6.35. The lowest BCUT2D eigenvalue weighted by Crippen LogP contribution is -2.11. The van der Waals surface area contributed by atoms with E-state index in [0.29, 0.717) is 22.8 Å². The zero-order valence-corrected chi connectivity index (χ0v) is 14.0. The van der Waals surface area contributed by atoms with Crippen LogP contribution in [0.1, 0.15) is 30.1 Å². The Morgan fingerprint density at radius 2 is 1.88 bits per heavy atom. The molecule has 0 radical (unpaired) electrons. The van der Waals surface area contributed by atoms with Gasteiger partial charge in [0.25, 0.3) is 5.91 Å². The van der Waals surface area contributed by atoms with Gasteiger partial charge in [-0.25, -0.2) is 4.98 Å². The predicted molar refractivity (Wildman–Crippen MR) is 97.6 cm³/mol. The molecule has 3 rings (SSSR count). The SMILES string of the molecule is CCCC(=O)Nc1nc2ccc(NC(=O)c3ccccc3)cc2s1. The molecule has 0 aliphatic rings. The second-order valence-electron chi connectivity index (χ2n) is 5.32. The fraction of sp³-hybridized carbons (Fsp3) is 0.167. The molecule has 0 saturated heterocycles. The Morgan fingerprint density at radius 3 is 2.62 bits per heavy atom. The molecule has 122 valence electrons. The Balaban J connectivity index is 1.76. The van der Waals surface area contributed by atoms with E-state index >= 15 is 0 Å². The Morgan fingerprint density at radius 1 is 1.08 bits per heavy atom. The summed E-state index contributed by atoms with van der Waals surface area (Å²) in [4.78, 5) is 28.2. The van der Waals surface area contributed by atoms with Crippen LogP contribution in [0.4, 0.5) is 10.8 Å². The third kappa shape index (κ3) is 3.78. The van der Waals surface area contributed by atoms with Crippen molar-refractivity contribution in [2.24, 2.45) is 0 Å². The second kappa shape index (κ2) is 7.23. The van der Waals surface area contributed by atoms with Crippen molar-refractivity contribution < 1.29 is 9.59 Å². The molecule has 0 spiro atoms. The number of carbonyl (C=O) groups is 2. The monoisotopic (exact) mass is 339 g/mol. The van der Waals surface area contributed by atoms with E-state index in [9.17, 15) is 9.59 Å². The first-order valence-corrected chi connectivity index (χ1v) is 8.54. The molecule has 0 aliphatic carbocycles. The average Bonchev–Trinajstić information content (AvgIpc) is 2.97. The minimum absolute atomic E-state index is 0.0332. The highest BCUT2D eigenvalue weighted by Gasteiger charge is 2.09. The highest BCUT2D eigenvalue weighted by atomic mass is 32.1. The Bertz CT molecular complexity index is 874. The van der Waals surface area contributed by atoms with Crippen LogP contribution >= 0.6 is 11.3 Å². The average molecular weight is 339 g/mol. The van der Waals surface area contributed by atoms with Crippen molar-refractivity contribution in [2.45, 2.75) is 19.8 Å². The van der Waals surface area contributed by atoms with Crippen LogP contribution in [0.25, 0.3) is 10.2 Å². The maximum atomic E-state index is 12.2. The van der Waals surface area contributed by atoms with E-state index in [1.807, 2.05) is 37.3 Å². The van der Waals surface area contributed by atoms with Crippen molar-refractivity contribution in [3.05, 3.63) is 54.1 Å². The number of anilines is 2. The van der Waals surface area contributed by atoms with Gasteiger partial charge in [0.05, 0.1) is 10.2 Å². The highest BCUT2D eigenvalue weighted by Crippen LogP contribution is 2.28. The molecule has 1 heterocycles. The van der Waals surface area contributed by atoms with E-state index in [1.54, 1.807) is 18.2 Å². The van der Waals surface area contributed by atoms with E-state index < -0.39 is 0 Å². The summed E-state index contributed by atoms with van der Waals surface area (Å²) in [5.41, 5.74) is 2.10. The number of amides is 2. The molecule has 3 aromatic rings. The standard InChI is InChI=1S/C18H17N3O2S/c1-2-6-16(22)21-18-20-14-10-9-13(11-15(14)24-18)19-17(23)12-7-4-3-5-8-12/h3-5,7-11H,2,6H2,1H3,(H,19,23)(H,20,21,22). The number of rotatable bonds is 5. The lowest BCUT2D eigenvalue weighted by Gasteiger charge is -2.04. The first-order chi connectivity index (χ1) is 11.7. The van der Waals surface area contributed by atoms with E-state index in [-0.39, 0.29) is 11.8 Å². The van der Waals surface area contributed by atoms with E-state index in [4.69, 9.17) is 0 Å². The van der Waals surface area contributed by atoms with Crippen LogP contribution in [-0.2, 0) is 4.79 Å². The van der Waals surface area contributed by atoms with Crippen molar-refractivity contribution in [3.8, 4) is 0 Å². The summed E-state index contributed by atoms with van der Waals surface area (Å²) in [6.45, 7) is 1.96. The number of nitrogens with one attached hydrogen (secondary N) is 2. The molecule has 0 bridgehead atoms. The third-order valence-electron chi connectivity index (χ3n) is 3.41. The Kier molecular flexibility index (Phi) is 4.86. The molecular weight excluding hydrogens is 322 g/mol. The number of hydrogen-bond donors (Lipinski definition) is 2. The van der Waals surface area contributed by atoms with Gasteiger partial charge in [-0.05, 0) is 36.8 Å².